The van der Waals surface area contributed by atoms with Gasteiger partial charge in [0.1, 0.15) is 0 Å². The summed E-state index contributed by atoms with van der Waals surface area (Å²) in [6.45, 7) is 0. The SMILES string of the molecule is O=C([O-])c1ccccn1.O=C([O-])c1ccccn1.O=C([O-])c1ccccn1.[Ir+3].c1ccncc1. The van der Waals surface area contributed by atoms with Gasteiger partial charge in [-0.1, -0.05) is 24.3 Å². The Labute approximate surface area is 208 Å². The Morgan fingerprint density at radius 1 is 0.471 bits per heavy atom. The molecule has 0 saturated heterocycles. The van der Waals surface area contributed by atoms with Crippen LogP contribution in [0.2, 0.25) is 0 Å². The molecule has 0 aliphatic heterocycles. The van der Waals surface area contributed by atoms with E-state index in [1.165, 1.54) is 36.8 Å². The molecule has 4 heterocycles. The molecule has 0 radical (unpaired) electrons. The van der Waals surface area contributed by atoms with E-state index in [1.54, 1.807) is 48.8 Å². The monoisotopic (exact) mass is 638 g/mol. The molecule has 174 valence electrons. The molecule has 4 aromatic heterocycles. The van der Waals surface area contributed by atoms with Gasteiger partial charge in [-0.05, 0) is 48.5 Å². The minimum atomic E-state index is -1.24. The molecular formula is C23H17IrN4O6. The summed E-state index contributed by atoms with van der Waals surface area (Å²) in [4.78, 5) is 44.4. The van der Waals surface area contributed by atoms with Crippen LogP contribution in [0.5, 0.6) is 0 Å². The Morgan fingerprint density at radius 2 is 0.765 bits per heavy atom. The number of hydrogen-bond donors (Lipinski definition) is 0. The molecule has 0 N–H and O–H groups in total. The van der Waals surface area contributed by atoms with Crippen LogP contribution < -0.4 is 15.3 Å². The Bertz CT molecular complexity index is 945. The van der Waals surface area contributed by atoms with Crippen LogP contribution in [0, 0.1) is 0 Å². The molecule has 0 unspecified atom stereocenters. The minimum Gasteiger partial charge on any atom is -0.543 e. The number of aromatic nitrogens is 4. The van der Waals surface area contributed by atoms with E-state index in [2.05, 4.69) is 19.9 Å². The Balaban J connectivity index is 0.000000427. The van der Waals surface area contributed by atoms with Crippen molar-refractivity contribution in [2.75, 3.05) is 0 Å². The van der Waals surface area contributed by atoms with Crippen molar-refractivity contribution in [3.8, 4) is 0 Å². The molecule has 0 spiro atoms. The maximum Gasteiger partial charge on any atom is 3.00 e. The summed E-state index contributed by atoms with van der Waals surface area (Å²) in [7, 11) is 0. The third kappa shape index (κ3) is 13.9. The standard InChI is InChI=1S/3C6H5NO2.C5H5N.Ir/c3*8-6(9)5-3-1-2-4-7-5;1-2-4-6-5-3-1;/h3*1-4H,(H,8,9);1-5H;/q;;;;+3/p-3. The van der Waals surface area contributed by atoms with Crippen LogP contribution >= 0.6 is 0 Å². The summed E-state index contributed by atoms with van der Waals surface area (Å²) in [6, 6.07) is 19.6. The molecule has 11 heteroatoms. The van der Waals surface area contributed by atoms with Gasteiger partial charge in [-0.15, -0.1) is 0 Å². The smallest absolute Gasteiger partial charge is 0.543 e. The van der Waals surface area contributed by atoms with E-state index in [1.807, 2.05) is 18.2 Å². The fourth-order valence-corrected chi connectivity index (χ4v) is 1.76. The van der Waals surface area contributed by atoms with Crippen molar-refractivity contribution in [1.29, 1.82) is 0 Å². The number of pyridine rings is 4. The Kier molecular flexibility index (Phi) is 15.9. The Morgan fingerprint density at radius 3 is 0.882 bits per heavy atom. The van der Waals surface area contributed by atoms with Gasteiger partial charge in [0.2, 0.25) is 0 Å². The molecule has 0 aromatic carbocycles. The predicted molar refractivity (Wildman–Crippen MR) is 110 cm³/mol. The van der Waals surface area contributed by atoms with Crippen LogP contribution in [0.15, 0.2) is 104 Å². The first kappa shape index (κ1) is 29.7. The molecule has 0 fully saturated rings. The molecule has 0 saturated carbocycles. The van der Waals surface area contributed by atoms with Crippen molar-refractivity contribution in [2.45, 2.75) is 0 Å². The number of carboxylic acids is 3. The van der Waals surface area contributed by atoms with Crippen molar-refractivity contribution in [1.82, 2.24) is 19.9 Å². The van der Waals surface area contributed by atoms with E-state index in [4.69, 9.17) is 0 Å². The van der Waals surface area contributed by atoms with Crippen molar-refractivity contribution in [3.05, 3.63) is 121 Å². The summed E-state index contributed by atoms with van der Waals surface area (Å²) in [6.07, 6.45) is 7.72. The van der Waals surface area contributed by atoms with Crippen molar-refractivity contribution in [2.24, 2.45) is 0 Å². The second-order valence-corrected chi connectivity index (χ2v) is 5.53. The fraction of sp³-hybridized carbons (Fsp3) is 0. The van der Waals surface area contributed by atoms with Crippen molar-refractivity contribution in [3.63, 3.8) is 0 Å². The van der Waals surface area contributed by atoms with E-state index in [0.717, 1.165) is 0 Å². The van der Waals surface area contributed by atoms with Gasteiger partial charge in [0.15, 0.2) is 0 Å². The minimum absolute atomic E-state index is 0. The van der Waals surface area contributed by atoms with Crippen molar-refractivity contribution < 1.29 is 49.8 Å². The van der Waals surface area contributed by atoms with Gasteiger partial charge in [0, 0.05) is 31.0 Å². The number of aromatic carboxylic acids is 3. The van der Waals surface area contributed by atoms with Gasteiger partial charge < -0.3 is 29.7 Å². The quantitative estimate of drug-likeness (QED) is 0.283. The average molecular weight is 638 g/mol. The first-order chi connectivity index (χ1) is 15.9. The van der Waals surface area contributed by atoms with Gasteiger partial charge in [-0.2, -0.15) is 0 Å². The fourth-order valence-electron chi connectivity index (χ4n) is 1.76. The van der Waals surface area contributed by atoms with E-state index in [9.17, 15) is 29.7 Å². The number of nitrogens with zero attached hydrogens (tertiary/aromatic N) is 4. The molecule has 0 aliphatic carbocycles. The summed E-state index contributed by atoms with van der Waals surface area (Å²) in [5.41, 5.74) is -0.0903. The van der Waals surface area contributed by atoms with E-state index >= 15 is 0 Å². The van der Waals surface area contributed by atoms with Crippen LogP contribution in [0.25, 0.3) is 0 Å². The number of hydrogen-bond acceptors (Lipinski definition) is 10. The molecule has 34 heavy (non-hydrogen) atoms. The molecule has 0 atom stereocenters. The van der Waals surface area contributed by atoms with Gasteiger partial charge >= 0.3 is 20.1 Å². The molecular weight excluding hydrogens is 620 g/mol. The van der Waals surface area contributed by atoms with E-state index < -0.39 is 17.9 Å². The second kappa shape index (κ2) is 18.3. The zero-order valence-electron chi connectivity index (χ0n) is 17.4. The maximum atomic E-state index is 10.0. The van der Waals surface area contributed by atoms with Gasteiger partial charge in [0.25, 0.3) is 0 Å². The van der Waals surface area contributed by atoms with Gasteiger partial charge in [-0.25, -0.2) is 0 Å². The number of carboxylic acid groups (broad SMARTS) is 3. The predicted octanol–water partition coefficient (Wildman–Crippen LogP) is -0.586. The average Bonchev–Trinajstić information content (AvgIpc) is 2.88. The summed E-state index contributed by atoms with van der Waals surface area (Å²) in [5.74, 6) is -3.72. The molecule has 0 aliphatic rings. The number of carbonyl (C=O) groups excluding carboxylic acids is 3. The van der Waals surface area contributed by atoms with E-state index in [0.29, 0.717) is 0 Å². The third-order valence-electron chi connectivity index (χ3n) is 3.19. The van der Waals surface area contributed by atoms with Crippen LogP contribution in [-0.2, 0) is 20.1 Å². The normalized spacial score (nSPS) is 8.47. The second-order valence-electron chi connectivity index (χ2n) is 5.53. The molecule has 4 aromatic rings. The van der Waals surface area contributed by atoms with Gasteiger partial charge in [0.05, 0.1) is 35.0 Å². The Hall–Kier alpha value is -4.34. The third-order valence-corrected chi connectivity index (χ3v) is 3.19. The first-order valence-corrected chi connectivity index (χ1v) is 9.14. The number of rotatable bonds is 3. The molecule has 0 amide bonds. The van der Waals surface area contributed by atoms with E-state index in [-0.39, 0.29) is 37.2 Å². The zero-order chi connectivity index (χ0) is 24.3. The van der Waals surface area contributed by atoms with Crippen LogP contribution in [-0.4, -0.2) is 37.8 Å². The first-order valence-electron chi connectivity index (χ1n) is 9.14. The molecule has 0 bridgehead atoms. The summed E-state index contributed by atoms with van der Waals surface area (Å²) < 4.78 is 0. The van der Waals surface area contributed by atoms with Crippen LogP contribution in [0.4, 0.5) is 0 Å². The van der Waals surface area contributed by atoms with Crippen molar-refractivity contribution >= 4 is 17.9 Å². The summed E-state index contributed by atoms with van der Waals surface area (Å²) >= 11 is 0. The topological polar surface area (TPSA) is 172 Å². The van der Waals surface area contributed by atoms with Crippen LogP contribution in [0.3, 0.4) is 0 Å². The van der Waals surface area contributed by atoms with Gasteiger partial charge in [-0.3, -0.25) is 19.9 Å². The summed E-state index contributed by atoms with van der Waals surface area (Å²) in [5, 5.41) is 30.1. The largest absolute Gasteiger partial charge is 3.00 e. The maximum absolute atomic E-state index is 10.0. The molecule has 10 nitrogen and oxygen atoms in total. The van der Waals surface area contributed by atoms with Crippen LogP contribution in [0.1, 0.15) is 31.5 Å². The zero-order valence-corrected chi connectivity index (χ0v) is 19.8. The molecule has 4 rings (SSSR count). The number of carbonyl (C=O) groups is 3.